The lowest BCUT2D eigenvalue weighted by Crippen LogP contribution is -2.16. The normalized spacial score (nSPS) is 11.3. The van der Waals surface area contributed by atoms with Crippen molar-refractivity contribution in [3.63, 3.8) is 0 Å². The highest BCUT2D eigenvalue weighted by Crippen LogP contribution is 2.22. The highest BCUT2D eigenvalue weighted by molar-refractivity contribution is 7.92. The van der Waals surface area contributed by atoms with Gasteiger partial charge in [-0.25, -0.2) is 17.9 Å². The van der Waals surface area contributed by atoms with E-state index in [-0.39, 0.29) is 17.1 Å². The molecular formula is C20H23N5O4S. The molecule has 0 atom stereocenters. The number of aryl methyl sites for hydroxylation is 3. The number of aromatic nitrogens is 4. The predicted octanol–water partition coefficient (Wildman–Crippen LogP) is 2.86. The van der Waals surface area contributed by atoms with Crippen LogP contribution in [-0.4, -0.2) is 34.6 Å². The first-order valence-electron chi connectivity index (χ1n) is 9.42. The molecule has 0 radical (unpaired) electrons. The number of anilines is 1. The molecule has 0 aliphatic carbocycles. The highest BCUT2D eigenvalue weighted by atomic mass is 32.2. The summed E-state index contributed by atoms with van der Waals surface area (Å²) in [5, 5.41) is 11.3. The summed E-state index contributed by atoms with van der Waals surface area (Å²) in [5.74, 6) is -0.237. The number of hydrogen-bond donors (Lipinski definition) is 1. The number of ether oxygens (including phenoxy) is 1. The molecular weight excluding hydrogens is 406 g/mol. The van der Waals surface area contributed by atoms with Gasteiger partial charge in [-0.1, -0.05) is 25.1 Å². The van der Waals surface area contributed by atoms with E-state index in [4.69, 9.17) is 4.74 Å². The van der Waals surface area contributed by atoms with Crippen molar-refractivity contribution < 1.29 is 17.9 Å². The Morgan fingerprint density at radius 3 is 2.70 bits per heavy atom. The molecule has 1 N–H and O–H groups in total. The molecule has 3 aromatic rings. The van der Waals surface area contributed by atoms with Gasteiger partial charge >= 0.3 is 5.97 Å². The van der Waals surface area contributed by atoms with Crippen LogP contribution in [0.5, 0.6) is 0 Å². The van der Waals surface area contributed by atoms with E-state index in [1.807, 2.05) is 19.9 Å². The van der Waals surface area contributed by atoms with Gasteiger partial charge in [-0.15, -0.1) is 5.10 Å². The van der Waals surface area contributed by atoms with Crippen LogP contribution in [0, 0.1) is 13.8 Å². The lowest BCUT2D eigenvalue weighted by molar-refractivity contribution is 0.0456. The lowest BCUT2D eigenvalue weighted by atomic mass is 10.1. The van der Waals surface area contributed by atoms with E-state index >= 15 is 0 Å². The number of sulfonamides is 1. The van der Waals surface area contributed by atoms with Gasteiger partial charge < -0.3 is 4.74 Å². The zero-order chi connectivity index (χ0) is 21.7. The predicted molar refractivity (Wildman–Crippen MR) is 110 cm³/mol. The standard InChI is InChI=1S/C20H23N5O4S/c1-4-10-25-19(21-23-24-25)13-29-20(26)16-9-8-15(3)18(12-16)30(27,28)22-17-7-5-6-14(2)11-17/h5-9,11-12,22H,4,10,13H2,1-3H3. The molecule has 158 valence electrons. The Hall–Kier alpha value is -3.27. The largest absolute Gasteiger partial charge is 0.454 e. The first-order valence-corrected chi connectivity index (χ1v) is 10.9. The van der Waals surface area contributed by atoms with Crippen LogP contribution in [0.15, 0.2) is 47.4 Å². The number of carbonyl (C=O) groups excluding carboxylic acids is 1. The van der Waals surface area contributed by atoms with Crippen LogP contribution in [0.25, 0.3) is 0 Å². The maximum absolute atomic E-state index is 12.9. The van der Waals surface area contributed by atoms with Gasteiger partial charge in [-0.2, -0.15) is 0 Å². The van der Waals surface area contributed by atoms with Gasteiger partial charge in [0, 0.05) is 12.2 Å². The lowest BCUT2D eigenvalue weighted by Gasteiger charge is -2.12. The first-order chi connectivity index (χ1) is 14.3. The average molecular weight is 430 g/mol. The number of hydrogen-bond acceptors (Lipinski definition) is 7. The minimum atomic E-state index is -3.88. The van der Waals surface area contributed by atoms with Gasteiger partial charge in [0.15, 0.2) is 12.4 Å². The molecule has 3 rings (SSSR count). The molecule has 0 fully saturated rings. The second-order valence-corrected chi connectivity index (χ2v) is 8.50. The Labute approximate surface area is 175 Å². The Kier molecular flexibility index (Phi) is 6.46. The summed E-state index contributed by atoms with van der Waals surface area (Å²) < 4.78 is 35.1. The quantitative estimate of drug-likeness (QED) is 0.547. The van der Waals surface area contributed by atoms with Gasteiger partial charge in [0.25, 0.3) is 10.0 Å². The molecule has 2 aromatic carbocycles. The summed E-state index contributed by atoms with van der Waals surface area (Å²) >= 11 is 0. The van der Waals surface area contributed by atoms with E-state index in [1.54, 1.807) is 35.9 Å². The summed E-state index contributed by atoms with van der Waals surface area (Å²) in [6.07, 6.45) is 0.832. The molecule has 0 spiro atoms. The van der Waals surface area contributed by atoms with Crippen LogP contribution < -0.4 is 4.72 Å². The van der Waals surface area contributed by atoms with Crippen molar-refractivity contribution in [3.05, 3.63) is 65.0 Å². The minimum Gasteiger partial charge on any atom is -0.454 e. The summed E-state index contributed by atoms with van der Waals surface area (Å²) in [6, 6.07) is 11.4. The van der Waals surface area contributed by atoms with E-state index in [2.05, 4.69) is 20.2 Å². The Morgan fingerprint density at radius 1 is 1.17 bits per heavy atom. The zero-order valence-corrected chi connectivity index (χ0v) is 17.8. The van der Waals surface area contributed by atoms with Gasteiger partial charge in [0.1, 0.15) is 0 Å². The number of nitrogens with one attached hydrogen (secondary N) is 1. The van der Waals surface area contributed by atoms with Crippen LogP contribution in [0.2, 0.25) is 0 Å². The summed E-state index contributed by atoms with van der Waals surface area (Å²) in [5.41, 5.74) is 2.01. The van der Waals surface area contributed by atoms with Crippen molar-refractivity contribution in [2.75, 3.05) is 4.72 Å². The Balaban J connectivity index is 1.78. The third kappa shape index (κ3) is 5.01. The minimum absolute atomic E-state index is 0.00859. The number of rotatable bonds is 8. The van der Waals surface area contributed by atoms with E-state index in [1.165, 1.54) is 12.1 Å². The summed E-state index contributed by atoms with van der Waals surface area (Å²) in [7, 11) is -3.88. The molecule has 30 heavy (non-hydrogen) atoms. The smallest absolute Gasteiger partial charge is 0.338 e. The summed E-state index contributed by atoms with van der Waals surface area (Å²) in [6.45, 7) is 6.02. The molecule has 0 saturated carbocycles. The van der Waals surface area contributed by atoms with Crippen molar-refractivity contribution in [2.24, 2.45) is 0 Å². The molecule has 1 aromatic heterocycles. The molecule has 0 saturated heterocycles. The number of tetrazole rings is 1. The second-order valence-electron chi connectivity index (χ2n) is 6.85. The fraction of sp³-hybridized carbons (Fsp3) is 0.300. The average Bonchev–Trinajstić information content (AvgIpc) is 3.13. The number of carbonyl (C=O) groups is 1. The van der Waals surface area contributed by atoms with Crippen LogP contribution in [0.1, 0.15) is 40.7 Å². The third-order valence-corrected chi connectivity index (χ3v) is 5.88. The van der Waals surface area contributed by atoms with Crippen LogP contribution in [0.4, 0.5) is 5.69 Å². The van der Waals surface area contributed by atoms with E-state index in [9.17, 15) is 13.2 Å². The zero-order valence-electron chi connectivity index (χ0n) is 17.0. The SMILES string of the molecule is CCCn1nnnc1COC(=O)c1ccc(C)c(S(=O)(=O)Nc2cccc(C)c2)c1. The fourth-order valence-electron chi connectivity index (χ4n) is 2.86. The maximum atomic E-state index is 12.9. The first kappa shape index (κ1) is 21.4. The maximum Gasteiger partial charge on any atom is 0.338 e. The fourth-order valence-corrected chi connectivity index (χ4v) is 4.18. The number of benzene rings is 2. The van der Waals surface area contributed by atoms with Crippen molar-refractivity contribution in [3.8, 4) is 0 Å². The molecule has 10 heteroatoms. The Morgan fingerprint density at radius 2 is 1.97 bits per heavy atom. The van der Waals surface area contributed by atoms with Crippen LogP contribution >= 0.6 is 0 Å². The number of esters is 1. The van der Waals surface area contributed by atoms with Gasteiger partial charge in [-0.3, -0.25) is 4.72 Å². The molecule has 0 bridgehead atoms. The molecule has 0 unspecified atom stereocenters. The summed E-state index contributed by atoms with van der Waals surface area (Å²) in [4.78, 5) is 12.5. The highest BCUT2D eigenvalue weighted by Gasteiger charge is 2.20. The van der Waals surface area contributed by atoms with Crippen molar-refractivity contribution in [1.29, 1.82) is 0 Å². The third-order valence-electron chi connectivity index (χ3n) is 4.36. The van der Waals surface area contributed by atoms with Crippen molar-refractivity contribution in [2.45, 2.75) is 45.2 Å². The topological polar surface area (TPSA) is 116 Å². The molecule has 1 heterocycles. The number of nitrogens with zero attached hydrogens (tertiary/aromatic N) is 4. The van der Waals surface area contributed by atoms with Gasteiger partial charge in [0.05, 0.1) is 10.5 Å². The van der Waals surface area contributed by atoms with Gasteiger partial charge in [0.2, 0.25) is 0 Å². The molecule has 0 amide bonds. The van der Waals surface area contributed by atoms with E-state index in [0.717, 1.165) is 12.0 Å². The van der Waals surface area contributed by atoms with Crippen LogP contribution in [0.3, 0.4) is 0 Å². The molecule has 9 nitrogen and oxygen atoms in total. The van der Waals surface area contributed by atoms with Crippen molar-refractivity contribution in [1.82, 2.24) is 20.2 Å². The van der Waals surface area contributed by atoms with E-state index in [0.29, 0.717) is 23.6 Å². The van der Waals surface area contributed by atoms with Crippen LogP contribution in [-0.2, 0) is 27.9 Å². The molecule has 0 aliphatic rings. The second kappa shape index (κ2) is 9.04. The monoisotopic (exact) mass is 429 g/mol. The molecule has 0 aliphatic heterocycles. The van der Waals surface area contributed by atoms with Gasteiger partial charge in [-0.05, 0) is 66.1 Å². The van der Waals surface area contributed by atoms with E-state index < -0.39 is 16.0 Å². The Bertz CT molecular complexity index is 1160. The van der Waals surface area contributed by atoms with Crippen molar-refractivity contribution >= 4 is 21.7 Å².